The zero-order valence-corrected chi connectivity index (χ0v) is 18.5. The van der Waals surface area contributed by atoms with Crippen LogP contribution in [0.2, 0.25) is 0 Å². The number of hydrogen-bond donors (Lipinski definition) is 0. The molecule has 0 saturated heterocycles. The van der Waals surface area contributed by atoms with Gasteiger partial charge in [0.2, 0.25) is 5.91 Å². The molecular formula is C24H27N3O2S. The van der Waals surface area contributed by atoms with E-state index >= 15 is 0 Å². The van der Waals surface area contributed by atoms with Gasteiger partial charge in [0.1, 0.15) is 0 Å². The van der Waals surface area contributed by atoms with E-state index in [1.54, 1.807) is 15.5 Å². The van der Waals surface area contributed by atoms with Crippen molar-refractivity contribution >= 4 is 28.6 Å². The second-order valence-electron chi connectivity index (χ2n) is 7.23. The van der Waals surface area contributed by atoms with Crippen molar-refractivity contribution in [3.63, 3.8) is 0 Å². The van der Waals surface area contributed by atoms with Gasteiger partial charge in [-0.1, -0.05) is 55.1 Å². The van der Waals surface area contributed by atoms with Gasteiger partial charge in [-0.05, 0) is 50.1 Å². The molecule has 6 heteroatoms. The summed E-state index contributed by atoms with van der Waals surface area (Å²) in [4.78, 5) is 32.5. The molecule has 0 fully saturated rings. The van der Waals surface area contributed by atoms with Crippen LogP contribution in [0.25, 0.3) is 16.6 Å². The number of fused-ring (bicyclic) bond motifs is 1. The molecule has 0 bridgehead atoms. The summed E-state index contributed by atoms with van der Waals surface area (Å²) in [5.74, 6) is 0.208. The summed E-state index contributed by atoms with van der Waals surface area (Å²) in [7, 11) is 0. The Balaban J connectivity index is 2.01. The van der Waals surface area contributed by atoms with Crippen LogP contribution in [-0.4, -0.2) is 39.2 Å². The molecule has 1 heterocycles. The zero-order valence-electron chi connectivity index (χ0n) is 17.7. The third-order valence-electron chi connectivity index (χ3n) is 4.87. The highest BCUT2D eigenvalue weighted by Crippen LogP contribution is 2.22. The number of aromatic nitrogens is 2. The topological polar surface area (TPSA) is 55.2 Å². The van der Waals surface area contributed by atoms with Crippen LogP contribution in [0.15, 0.2) is 70.6 Å². The Morgan fingerprint density at radius 3 is 2.47 bits per heavy atom. The Hall–Kier alpha value is -2.86. The molecule has 0 saturated carbocycles. The molecule has 3 aromatic rings. The van der Waals surface area contributed by atoms with Crippen LogP contribution in [0.4, 0.5) is 0 Å². The fourth-order valence-electron chi connectivity index (χ4n) is 3.24. The Bertz CT molecular complexity index is 1120. The first kappa shape index (κ1) is 21.8. The van der Waals surface area contributed by atoms with E-state index in [2.05, 4.69) is 13.5 Å². The fourth-order valence-corrected chi connectivity index (χ4v) is 4.15. The predicted molar refractivity (Wildman–Crippen MR) is 125 cm³/mol. The van der Waals surface area contributed by atoms with Gasteiger partial charge >= 0.3 is 0 Å². The SMILES string of the molecule is C=C(C)CN(CC)C(=O)CSc1nc2ccccc2c(=O)n1-c1ccc(CC)cc1. The van der Waals surface area contributed by atoms with Crippen LogP contribution in [0.1, 0.15) is 26.3 Å². The van der Waals surface area contributed by atoms with E-state index < -0.39 is 0 Å². The van der Waals surface area contributed by atoms with Gasteiger partial charge < -0.3 is 4.90 Å². The fraction of sp³-hybridized carbons (Fsp3) is 0.292. The van der Waals surface area contributed by atoms with Crippen molar-refractivity contribution in [1.29, 1.82) is 0 Å². The molecule has 0 aliphatic carbocycles. The van der Waals surface area contributed by atoms with E-state index in [0.717, 1.165) is 17.7 Å². The lowest BCUT2D eigenvalue weighted by atomic mass is 10.1. The minimum Gasteiger partial charge on any atom is -0.338 e. The summed E-state index contributed by atoms with van der Waals surface area (Å²) in [6, 6.07) is 15.2. The summed E-state index contributed by atoms with van der Waals surface area (Å²) in [6.45, 7) is 11.0. The van der Waals surface area contributed by atoms with Crippen LogP contribution in [-0.2, 0) is 11.2 Å². The molecule has 0 aliphatic heterocycles. The molecule has 2 aromatic carbocycles. The smallest absolute Gasteiger partial charge is 0.266 e. The number of aryl methyl sites for hydroxylation is 1. The number of amides is 1. The van der Waals surface area contributed by atoms with E-state index in [4.69, 9.17) is 4.98 Å². The van der Waals surface area contributed by atoms with Crippen molar-refractivity contribution in [1.82, 2.24) is 14.5 Å². The van der Waals surface area contributed by atoms with Gasteiger partial charge in [-0.25, -0.2) is 4.98 Å². The van der Waals surface area contributed by atoms with E-state index in [-0.39, 0.29) is 17.2 Å². The molecule has 30 heavy (non-hydrogen) atoms. The molecule has 1 amide bonds. The average Bonchev–Trinajstić information content (AvgIpc) is 2.76. The normalized spacial score (nSPS) is 10.9. The Morgan fingerprint density at radius 1 is 1.13 bits per heavy atom. The van der Waals surface area contributed by atoms with Gasteiger partial charge in [0.05, 0.1) is 22.3 Å². The highest BCUT2D eigenvalue weighted by Gasteiger charge is 2.17. The third-order valence-corrected chi connectivity index (χ3v) is 5.79. The van der Waals surface area contributed by atoms with Crippen LogP contribution < -0.4 is 5.56 Å². The number of likely N-dealkylation sites (N-methyl/N-ethyl adjacent to an activating group) is 1. The number of carbonyl (C=O) groups excluding carboxylic acids is 1. The largest absolute Gasteiger partial charge is 0.338 e. The lowest BCUT2D eigenvalue weighted by Crippen LogP contribution is -2.33. The number of rotatable bonds is 8. The molecule has 0 spiro atoms. The van der Waals surface area contributed by atoms with E-state index in [9.17, 15) is 9.59 Å². The predicted octanol–water partition coefficient (Wildman–Crippen LogP) is 4.46. The number of hydrogen-bond acceptors (Lipinski definition) is 4. The maximum Gasteiger partial charge on any atom is 0.266 e. The standard InChI is InChI=1S/C24H27N3O2S/c1-5-18-11-13-19(14-12-18)27-23(29)20-9-7-8-10-21(20)25-24(27)30-16-22(28)26(6-2)15-17(3)4/h7-14H,3,5-6,15-16H2,1-2,4H3. The maximum atomic E-state index is 13.3. The van der Waals surface area contributed by atoms with Gasteiger partial charge in [-0.2, -0.15) is 0 Å². The number of nitrogens with zero attached hydrogens (tertiary/aromatic N) is 3. The molecule has 0 atom stereocenters. The number of thioether (sulfide) groups is 1. The van der Waals surface area contributed by atoms with Crippen molar-refractivity contribution in [3.05, 3.63) is 76.6 Å². The van der Waals surface area contributed by atoms with Crippen molar-refractivity contribution < 1.29 is 4.79 Å². The minimum absolute atomic E-state index is 0.000730. The lowest BCUT2D eigenvalue weighted by Gasteiger charge is -2.21. The van der Waals surface area contributed by atoms with E-state index in [1.165, 1.54) is 17.3 Å². The average molecular weight is 422 g/mol. The Kier molecular flexibility index (Phi) is 7.11. The molecule has 0 radical (unpaired) electrons. The van der Waals surface area contributed by atoms with Crippen LogP contribution >= 0.6 is 11.8 Å². The van der Waals surface area contributed by atoms with Gasteiger partial charge in [0.25, 0.3) is 5.56 Å². The summed E-state index contributed by atoms with van der Waals surface area (Å²) >= 11 is 1.29. The zero-order chi connectivity index (χ0) is 21.7. The molecule has 156 valence electrons. The van der Waals surface area contributed by atoms with Crippen LogP contribution in [0.5, 0.6) is 0 Å². The first-order chi connectivity index (χ1) is 14.4. The van der Waals surface area contributed by atoms with Gasteiger partial charge in [-0.3, -0.25) is 14.2 Å². The van der Waals surface area contributed by atoms with Gasteiger partial charge in [0.15, 0.2) is 5.16 Å². The van der Waals surface area contributed by atoms with Crippen molar-refractivity contribution in [2.75, 3.05) is 18.8 Å². The first-order valence-electron chi connectivity index (χ1n) is 10.1. The quantitative estimate of drug-likeness (QED) is 0.306. The highest BCUT2D eigenvalue weighted by atomic mass is 32.2. The first-order valence-corrected chi connectivity index (χ1v) is 11.1. The molecule has 0 N–H and O–H groups in total. The maximum absolute atomic E-state index is 13.3. The number of benzene rings is 2. The second-order valence-corrected chi connectivity index (χ2v) is 8.17. The summed E-state index contributed by atoms with van der Waals surface area (Å²) in [6.07, 6.45) is 0.927. The van der Waals surface area contributed by atoms with Crippen molar-refractivity contribution in [2.45, 2.75) is 32.3 Å². The number of carbonyl (C=O) groups is 1. The summed E-state index contributed by atoms with van der Waals surface area (Å²) in [5.41, 5.74) is 3.39. The van der Waals surface area contributed by atoms with Crippen LogP contribution in [0, 0.1) is 0 Å². The number of para-hydroxylation sites is 1. The van der Waals surface area contributed by atoms with E-state index in [1.807, 2.05) is 56.3 Å². The third kappa shape index (κ3) is 4.82. The van der Waals surface area contributed by atoms with Crippen LogP contribution in [0.3, 0.4) is 0 Å². The van der Waals surface area contributed by atoms with Crippen molar-refractivity contribution in [3.8, 4) is 5.69 Å². The van der Waals surface area contributed by atoms with Gasteiger partial charge in [0, 0.05) is 13.1 Å². The molecular weight excluding hydrogens is 394 g/mol. The molecule has 0 aliphatic rings. The lowest BCUT2D eigenvalue weighted by molar-refractivity contribution is -0.127. The molecule has 1 aromatic heterocycles. The Morgan fingerprint density at radius 2 is 1.83 bits per heavy atom. The summed E-state index contributed by atoms with van der Waals surface area (Å²) in [5, 5.41) is 1.08. The molecule has 3 rings (SSSR count). The van der Waals surface area contributed by atoms with Crippen molar-refractivity contribution in [2.24, 2.45) is 0 Å². The van der Waals surface area contributed by atoms with E-state index in [0.29, 0.717) is 29.1 Å². The molecule has 5 nitrogen and oxygen atoms in total. The van der Waals surface area contributed by atoms with Gasteiger partial charge in [-0.15, -0.1) is 0 Å². The highest BCUT2D eigenvalue weighted by molar-refractivity contribution is 7.99. The summed E-state index contributed by atoms with van der Waals surface area (Å²) < 4.78 is 1.61. The minimum atomic E-state index is -0.130. The monoisotopic (exact) mass is 421 g/mol. The Labute approximate surface area is 181 Å². The molecule has 0 unspecified atom stereocenters. The second kappa shape index (κ2) is 9.76.